The topological polar surface area (TPSA) is 26.3 Å². The van der Waals surface area contributed by atoms with E-state index in [1.54, 1.807) is 0 Å². The van der Waals surface area contributed by atoms with E-state index in [1.165, 1.54) is 21.8 Å². The van der Waals surface area contributed by atoms with Crippen LogP contribution in [-0.2, 0) is 22.4 Å². The molecule has 15 heavy (non-hydrogen) atoms. The summed E-state index contributed by atoms with van der Waals surface area (Å²) in [4.78, 5) is 11.4. The smallest absolute Gasteiger partial charge is 0.309 e. The summed E-state index contributed by atoms with van der Waals surface area (Å²) in [5.74, 6) is -0.0123. The highest BCUT2D eigenvalue weighted by Crippen LogP contribution is 2.27. The number of carbonyl (C=O) groups excluding carboxylic acids is 1. The maximum Gasteiger partial charge on any atom is 0.309 e. The van der Waals surface area contributed by atoms with E-state index in [0.717, 1.165) is 19.3 Å². The van der Waals surface area contributed by atoms with Gasteiger partial charge in [-0.15, -0.1) is 0 Å². The van der Waals surface area contributed by atoms with E-state index < -0.39 is 0 Å². The molecular weight excluding hydrogens is 303 g/mol. The van der Waals surface area contributed by atoms with Crippen molar-refractivity contribution in [3.63, 3.8) is 0 Å². The van der Waals surface area contributed by atoms with Crippen LogP contribution >= 0.6 is 22.6 Å². The van der Waals surface area contributed by atoms with Gasteiger partial charge in [-0.05, 0) is 65.1 Å². The van der Waals surface area contributed by atoms with Crippen molar-refractivity contribution in [3.05, 3.63) is 32.9 Å². The van der Waals surface area contributed by atoms with Gasteiger partial charge in [-0.1, -0.05) is 6.07 Å². The summed E-state index contributed by atoms with van der Waals surface area (Å²) in [7, 11) is 1.46. The molecule has 1 aromatic carbocycles. The van der Waals surface area contributed by atoms with E-state index in [9.17, 15) is 4.79 Å². The molecular formula is C12H13IO2. The SMILES string of the molecule is COC(=O)C1CCc2cc(I)ccc2C1. The first-order valence-corrected chi connectivity index (χ1v) is 6.13. The van der Waals surface area contributed by atoms with E-state index in [-0.39, 0.29) is 11.9 Å². The zero-order valence-electron chi connectivity index (χ0n) is 8.63. The number of aryl methyl sites for hydroxylation is 1. The molecule has 0 aromatic heterocycles. The number of carbonyl (C=O) groups is 1. The fourth-order valence-electron chi connectivity index (χ4n) is 2.09. The van der Waals surface area contributed by atoms with Crippen LogP contribution in [0, 0.1) is 9.49 Å². The lowest BCUT2D eigenvalue weighted by molar-refractivity contribution is -0.145. The number of hydrogen-bond donors (Lipinski definition) is 0. The van der Waals surface area contributed by atoms with Crippen molar-refractivity contribution in [3.8, 4) is 0 Å². The second-order valence-corrected chi connectivity index (χ2v) is 5.12. The number of fused-ring (bicyclic) bond motifs is 1. The number of methoxy groups -OCH3 is 1. The summed E-state index contributed by atoms with van der Waals surface area (Å²) >= 11 is 2.32. The molecule has 0 spiro atoms. The quantitative estimate of drug-likeness (QED) is 0.588. The summed E-state index contributed by atoms with van der Waals surface area (Å²) in [6.45, 7) is 0. The number of esters is 1. The summed E-state index contributed by atoms with van der Waals surface area (Å²) in [5, 5.41) is 0. The van der Waals surface area contributed by atoms with Crippen LogP contribution in [0.25, 0.3) is 0 Å². The van der Waals surface area contributed by atoms with Crippen LogP contribution in [0.1, 0.15) is 17.5 Å². The molecule has 0 N–H and O–H groups in total. The van der Waals surface area contributed by atoms with Gasteiger partial charge in [-0.2, -0.15) is 0 Å². The largest absolute Gasteiger partial charge is 0.469 e. The molecule has 0 saturated carbocycles. The standard InChI is InChI=1S/C12H13IO2/c1-15-12(14)10-3-2-9-7-11(13)5-4-8(9)6-10/h4-5,7,10H,2-3,6H2,1H3. The highest BCUT2D eigenvalue weighted by atomic mass is 127. The van der Waals surface area contributed by atoms with Crippen LogP contribution in [0.4, 0.5) is 0 Å². The molecule has 1 aliphatic rings. The Labute approximate surface area is 103 Å². The summed E-state index contributed by atoms with van der Waals surface area (Å²) in [6, 6.07) is 6.44. The van der Waals surface area contributed by atoms with Gasteiger partial charge in [-0.25, -0.2) is 0 Å². The van der Waals surface area contributed by atoms with E-state index in [0.29, 0.717) is 0 Å². The van der Waals surface area contributed by atoms with Crippen molar-refractivity contribution in [2.75, 3.05) is 7.11 Å². The number of ether oxygens (including phenoxy) is 1. The summed E-state index contributed by atoms with van der Waals surface area (Å²) in [6.07, 6.45) is 2.74. The molecule has 0 aliphatic heterocycles. The van der Waals surface area contributed by atoms with Gasteiger partial charge in [0.2, 0.25) is 0 Å². The molecule has 2 rings (SSSR count). The Morgan fingerprint density at radius 3 is 3.00 bits per heavy atom. The zero-order chi connectivity index (χ0) is 10.8. The van der Waals surface area contributed by atoms with Gasteiger partial charge in [0.05, 0.1) is 13.0 Å². The molecule has 0 saturated heterocycles. The first-order chi connectivity index (χ1) is 7.20. The molecule has 0 heterocycles. The normalized spacial score (nSPS) is 19.5. The molecule has 0 radical (unpaired) electrons. The van der Waals surface area contributed by atoms with E-state index in [2.05, 4.69) is 40.8 Å². The molecule has 0 fully saturated rings. The van der Waals surface area contributed by atoms with Gasteiger partial charge in [-0.3, -0.25) is 4.79 Å². The molecule has 1 unspecified atom stereocenters. The Morgan fingerprint density at radius 2 is 2.27 bits per heavy atom. The lowest BCUT2D eigenvalue weighted by Crippen LogP contribution is -2.23. The van der Waals surface area contributed by atoms with Crippen LogP contribution < -0.4 is 0 Å². The Hall–Kier alpha value is -0.580. The van der Waals surface area contributed by atoms with Gasteiger partial charge >= 0.3 is 5.97 Å². The van der Waals surface area contributed by atoms with Crippen molar-refractivity contribution in [1.29, 1.82) is 0 Å². The molecule has 1 aromatic rings. The summed E-state index contributed by atoms with van der Waals surface area (Å²) in [5.41, 5.74) is 2.69. The predicted molar refractivity (Wildman–Crippen MR) is 66.7 cm³/mol. The lowest BCUT2D eigenvalue weighted by atomic mass is 9.84. The average molecular weight is 316 g/mol. The minimum atomic E-state index is -0.0702. The Balaban J connectivity index is 2.20. The van der Waals surface area contributed by atoms with Gasteiger partial charge in [0.1, 0.15) is 0 Å². The average Bonchev–Trinajstić information content (AvgIpc) is 2.27. The predicted octanol–water partition coefficient (Wildman–Crippen LogP) is 2.57. The van der Waals surface area contributed by atoms with Crippen molar-refractivity contribution >= 4 is 28.6 Å². The van der Waals surface area contributed by atoms with Crippen molar-refractivity contribution in [2.24, 2.45) is 5.92 Å². The second kappa shape index (κ2) is 4.51. The fourth-order valence-corrected chi connectivity index (χ4v) is 2.65. The fraction of sp³-hybridized carbons (Fsp3) is 0.417. The minimum absolute atomic E-state index is 0.0579. The highest BCUT2D eigenvalue weighted by molar-refractivity contribution is 14.1. The van der Waals surface area contributed by atoms with Crippen LogP contribution in [0.3, 0.4) is 0 Å². The highest BCUT2D eigenvalue weighted by Gasteiger charge is 2.25. The Morgan fingerprint density at radius 1 is 1.47 bits per heavy atom. The van der Waals surface area contributed by atoms with Gasteiger partial charge in [0.15, 0.2) is 0 Å². The van der Waals surface area contributed by atoms with E-state index in [1.807, 2.05) is 0 Å². The van der Waals surface area contributed by atoms with Crippen LogP contribution in [0.15, 0.2) is 18.2 Å². The number of rotatable bonds is 1. The van der Waals surface area contributed by atoms with Gasteiger partial charge in [0.25, 0.3) is 0 Å². The molecule has 1 atom stereocenters. The maximum atomic E-state index is 11.4. The van der Waals surface area contributed by atoms with Crippen LogP contribution in [0.5, 0.6) is 0 Å². The van der Waals surface area contributed by atoms with Crippen LogP contribution in [-0.4, -0.2) is 13.1 Å². The molecule has 80 valence electrons. The Kier molecular flexibility index (Phi) is 3.29. The number of hydrogen-bond acceptors (Lipinski definition) is 2. The van der Waals surface area contributed by atoms with Crippen molar-refractivity contribution in [1.82, 2.24) is 0 Å². The zero-order valence-corrected chi connectivity index (χ0v) is 10.8. The molecule has 1 aliphatic carbocycles. The number of benzene rings is 1. The third-order valence-corrected chi connectivity index (χ3v) is 3.60. The lowest BCUT2D eigenvalue weighted by Gasteiger charge is -2.22. The van der Waals surface area contributed by atoms with Gasteiger partial charge < -0.3 is 4.74 Å². The minimum Gasteiger partial charge on any atom is -0.469 e. The first kappa shape index (κ1) is 10.9. The van der Waals surface area contributed by atoms with E-state index >= 15 is 0 Å². The van der Waals surface area contributed by atoms with Gasteiger partial charge in [0, 0.05) is 3.57 Å². The molecule has 0 amide bonds. The third kappa shape index (κ3) is 2.33. The Bertz CT molecular complexity index is 387. The summed E-state index contributed by atoms with van der Waals surface area (Å²) < 4.78 is 6.05. The van der Waals surface area contributed by atoms with Crippen LogP contribution in [0.2, 0.25) is 0 Å². The maximum absolute atomic E-state index is 11.4. The van der Waals surface area contributed by atoms with Crippen molar-refractivity contribution < 1.29 is 9.53 Å². The molecule has 2 nitrogen and oxygen atoms in total. The molecule has 0 bridgehead atoms. The van der Waals surface area contributed by atoms with E-state index in [4.69, 9.17) is 4.74 Å². The third-order valence-electron chi connectivity index (χ3n) is 2.93. The number of halogens is 1. The van der Waals surface area contributed by atoms with Crippen molar-refractivity contribution in [2.45, 2.75) is 19.3 Å². The molecule has 3 heteroatoms. The first-order valence-electron chi connectivity index (χ1n) is 5.06. The monoisotopic (exact) mass is 316 g/mol. The second-order valence-electron chi connectivity index (χ2n) is 3.88.